The first-order chi connectivity index (χ1) is 8.19. The average molecular weight is 317 g/mol. The Morgan fingerprint density at radius 1 is 1.82 bits per heavy atom. The van der Waals surface area contributed by atoms with Gasteiger partial charge in [-0.1, -0.05) is 0 Å². The minimum atomic E-state index is 0.226. The predicted octanol–water partition coefficient (Wildman–Crippen LogP) is 0.723. The van der Waals surface area contributed by atoms with Gasteiger partial charge in [0.2, 0.25) is 5.96 Å². The monoisotopic (exact) mass is 316 g/mol. The lowest BCUT2D eigenvalue weighted by Gasteiger charge is -2.13. The van der Waals surface area contributed by atoms with E-state index in [0.29, 0.717) is 19.6 Å². The molecule has 8 heteroatoms. The first-order valence-corrected chi connectivity index (χ1v) is 6.51. The lowest BCUT2D eigenvalue weighted by atomic mass is 10.4. The summed E-state index contributed by atoms with van der Waals surface area (Å²) in [5.41, 5.74) is 6.50. The van der Waals surface area contributed by atoms with Crippen LogP contribution in [0, 0.1) is 11.5 Å². The SMILES string of the molecule is CN=C(N)N(C#N)CCNCc1nscc1Br. The third-order valence-corrected chi connectivity index (χ3v) is 3.68. The van der Waals surface area contributed by atoms with Gasteiger partial charge in [0.05, 0.1) is 10.2 Å². The first kappa shape index (κ1) is 13.9. The molecule has 0 spiro atoms. The highest BCUT2D eigenvalue weighted by atomic mass is 79.9. The summed E-state index contributed by atoms with van der Waals surface area (Å²) in [5, 5.41) is 13.9. The Labute approximate surface area is 112 Å². The number of aromatic nitrogens is 1. The molecule has 0 aromatic carbocycles. The van der Waals surface area contributed by atoms with Gasteiger partial charge in [0.1, 0.15) is 0 Å². The van der Waals surface area contributed by atoms with Crippen LogP contribution in [0.5, 0.6) is 0 Å². The maximum atomic E-state index is 8.82. The highest BCUT2D eigenvalue weighted by Crippen LogP contribution is 2.16. The van der Waals surface area contributed by atoms with Gasteiger partial charge in [0.25, 0.3) is 0 Å². The molecule has 0 saturated carbocycles. The quantitative estimate of drug-likeness (QED) is 0.275. The van der Waals surface area contributed by atoms with Gasteiger partial charge in [-0.15, -0.1) is 0 Å². The Kier molecular flexibility index (Phi) is 5.90. The summed E-state index contributed by atoms with van der Waals surface area (Å²) in [4.78, 5) is 5.09. The number of nitrogens with two attached hydrogens (primary N) is 1. The molecule has 0 amide bonds. The van der Waals surface area contributed by atoms with Crippen LogP contribution in [0.1, 0.15) is 5.69 Å². The number of nitrogens with zero attached hydrogens (tertiary/aromatic N) is 4. The maximum absolute atomic E-state index is 8.82. The number of nitrogens with one attached hydrogen (secondary N) is 1. The van der Waals surface area contributed by atoms with E-state index in [1.165, 1.54) is 16.4 Å². The highest BCUT2D eigenvalue weighted by Gasteiger charge is 2.06. The molecule has 0 atom stereocenters. The number of hydrogen-bond acceptors (Lipinski definition) is 5. The second kappa shape index (κ2) is 7.21. The van der Waals surface area contributed by atoms with Gasteiger partial charge >= 0.3 is 0 Å². The second-order valence-electron chi connectivity index (χ2n) is 3.12. The Balaban J connectivity index is 2.29. The first-order valence-electron chi connectivity index (χ1n) is 4.88. The molecule has 0 unspecified atom stereocenters. The summed E-state index contributed by atoms with van der Waals surface area (Å²) in [7, 11) is 1.56. The highest BCUT2D eigenvalue weighted by molar-refractivity contribution is 9.10. The molecule has 1 heterocycles. The van der Waals surface area contributed by atoms with E-state index in [1.54, 1.807) is 7.05 Å². The average Bonchev–Trinajstić information content (AvgIpc) is 2.74. The zero-order valence-corrected chi connectivity index (χ0v) is 11.8. The minimum absolute atomic E-state index is 0.226. The zero-order valence-electron chi connectivity index (χ0n) is 9.35. The summed E-state index contributed by atoms with van der Waals surface area (Å²) >= 11 is 4.81. The number of hydrogen-bond donors (Lipinski definition) is 2. The van der Waals surface area contributed by atoms with Crippen molar-refractivity contribution >= 4 is 33.4 Å². The second-order valence-corrected chi connectivity index (χ2v) is 4.60. The van der Waals surface area contributed by atoms with Crippen molar-refractivity contribution in [2.45, 2.75) is 6.54 Å². The maximum Gasteiger partial charge on any atom is 0.204 e. The largest absolute Gasteiger partial charge is 0.369 e. The standard InChI is InChI=1S/C9H13BrN6S/c1-13-9(12)16(6-11)3-2-14-4-8-7(10)5-17-15-8/h5,14H,2-4H2,1H3,(H2,12,13). The molecule has 0 fully saturated rings. The van der Waals surface area contributed by atoms with E-state index >= 15 is 0 Å². The van der Waals surface area contributed by atoms with Gasteiger partial charge in [-0.25, -0.2) is 4.90 Å². The Hall–Kier alpha value is -1.17. The fourth-order valence-corrected chi connectivity index (χ4v) is 2.27. The van der Waals surface area contributed by atoms with Crippen LogP contribution in [-0.4, -0.2) is 35.4 Å². The van der Waals surface area contributed by atoms with Gasteiger partial charge < -0.3 is 11.1 Å². The van der Waals surface area contributed by atoms with Crippen LogP contribution in [0.25, 0.3) is 0 Å². The minimum Gasteiger partial charge on any atom is -0.369 e. The molecule has 92 valence electrons. The summed E-state index contributed by atoms with van der Waals surface area (Å²) in [6.07, 6.45) is 1.97. The molecule has 1 aromatic heterocycles. The van der Waals surface area contributed by atoms with Gasteiger partial charge in [0.15, 0.2) is 6.19 Å². The van der Waals surface area contributed by atoms with Crippen molar-refractivity contribution in [3.05, 3.63) is 15.5 Å². The smallest absolute Gasteiger partial charge is 0.204 e. The van der Waals surface area contributed by atoms with Crippen LogP contribution in [0.4, 0.5) is 0 Å². The Bertz CT molecular complexity index is 423. The zero-order chi connectivity index (χ0) is 12.7. The molecule has 0 aliphatic heterocycles. The number of aliphatic imine (C=N–C) groups is 1. The van der Waals surface area contributed by atoms with E-state index < -0.39 is 0 Å². The molecule has 1 rings (SSSR count). The Morgan fingerprint density at radius 3 is 3.12 bits per heavy atom. The van der Waals surface area contributed by atoms with E-state index in [1.807, 2.05) is 11.6 Å². The molecule has 17 heavy (non-hydrogen) atoms. The van der Waals surface area contributed by atoms with E-state index in [2.05, 4.69) is 30.6 Å². The fraction of sp³-hybridized carbons (Fsp3) is 0.444. The number of halogens is 1. The van der Waals surface area contributed by atoms with Crippen molar-refractivity contribution in [3.63, 3.8) is 0 Å². The van der Waals surface area contributed by atoms with Gasteiger partial charge in [-0.05, 0) is 27.5 Å². The third-order valence-electron chi connectivity index (χ3n) is 2.03. The molecule has 3 N–H and O–H groups in total. The van der Waals surface area contributed by atoms with Crippen molar-refractivity contribution in [2.75, 3.05) is 20.1 Å². The molecular weight excluding hydrogens is 304 g/mol. The van der Waals surface area contributed by atoms with E-state index in [0.717, 1.165) is 10.2 Å². The van der Waals surface area contributed by atoms with Crippen molar-refractivity contribution < 1.29 is 0 Å². The molecule has 0 aliphatic rings. The number of guanidine groups is 1. The van der Waals surface area contributed by atoms with Crippen molar-refractivity contribution in [1.82, 2.24) is 14.6 Å². The van der Waals surface area contributed by atoms with Gasteiger partial charge in [-0.3, -0.25) is 4.99 Å². The summed E-state index contributed by atoms with van der Waals surface area (Å²) in [5.74, 6) is 0.226. The number of rotatable bonds is 5. The normalized spacial score (nSPS) is 11.2. The summed E-state index contributed by atoms with van der Waals surface area (Å²) in [6.45, 7) is 1.78. The topological polar surface area (TPSA) is 90.3 Å². The van der Waals surface area contributed by atoms with Crippen molar-refractivity contribution in [2.24, 2.45) is 10.7 Å². The molecule has 6 nitrogen and oxygen atoms in total. The number of nitriles is 1. The summed E-state index contributed by atoms with van der Waals surface area (Å²) in [6, 6.07) is 0. The van der Waals surface area contributed by atoms with E-state index in [9.17, 15) is 0 Å². The molecular formula is C9H13BrN6S. The van der Waals surface area contributed by atoms with E-state index in [4.69, 9.17) is 11.0 Å². The Morgan fingerprint density at radius 2 is 2.59 bits per heavy atom. The lowest BCUT2D eigenvalue weighted by molar-refractivity contribution is 0.526. The molecule has 0 radical (unpaired) electrons. The van der Waals surface area contributed by atoms with E-state index in [-0.39, 0.29) is 5.96 Å². The third kappa shape index (κ3) is 4.30. The van der Waals surface area contributed by atoms with Gasteiger partial charge in [0, 0.05) is 32.1 Å². The predicted molar refractivity (Wildman–Crippen MR) is 71.4 cm³/mol. The van der Waals surface area contributed by atoms with Crippen LogP contribution in [-0.2, 0) is 6.54 Å². The molecule has 0 saturated heterocycles. The van der Waals surface area contributed by atoms with Gasteiger partial charge in [-0.2, -0.15) is 9.64 Å². The van der Waals surface area contributed by atoms with Crippen LogP contribution < -0.4 is 11.1 Å². The lowest BCUT2D eigenvalue weighted by Crippen LogP contribution is -2.38. The van der Waals surface area contributed by atoms with Crippen LogP contribution in [0.2, 0.25) is 0 Å². The van der Waals surface area contributed by atoms with Crippen LogP contribution in [0.15, 0.2) is 14.8 Å². The van der Waals surface area contributed by atoms with Crippen molar-refractivity contribution in [1.29, 1.82) is 5.26 Å². The summed E-state index contributed by atoms with van der Waals surface area (Å²) < 4.78 is 5.21. The molecule has 1 aromatic rings. The molecule has 0 aliphatic carbocycles. The van der Waals surface area contributed by atoms with Crippen molar-refractivity contribution in [3.8, 4) is 6.19 Å². The van der Waals surface area contributed by atoms with Crippen LogP contribution in [0.3, 0.4) is 0 Å². The fourth-order valence-electron chi connectivity index (χ4n) is 1.10. The van der Waals surface area contributed by atoms with Crippen LogP contribution >= 0.6 is 27.5 Å². The molecule has 0 bridgehead atoms.